The maximum absolute atomic E-state index is 12.5. The molecule has 25 heavy (non-hydrogen) atoms. The van der Waals surface area contributed by atoms with E-state index < -0.39 is 0 Å². The van der Waals surface area contributed by atoms with Crippen LogP contribution < -0.4 is 15.5 Å². The minimum atomic E-state index is -0.197. The van der Waals surface area contributed by atoms with E-state index in [1.165, 1.54) is 6.07 Å². The Labute approximate surface area is 153 Å². The van der Waals surface area contributed by atoms with Crippen molar-refractivity contribution in [1.82, 2.24) is 4.57 Å². The maximum Gasteiger partial charge on any atom is 0.244 e. The van der Waals surface area contributed by atoms with Gasteiger partial charge in [0.25, 0.3) is 0 Å². The fraction of sp³-hybridized carbons (Fsp3) is 0.158. The molecule has 0 unspecified atom stereocenters. The average molecular weight is 401 g/mol. The summed E-state index contributed by atoms with van der Waals surface area (Å²) in [7, 11) is 0. The summed E-state index contributed by atoms with van der Waals surface area (Å²) in [5.74, 6) is 0.433. The van der Waals surface area contributed by atoms with Crippen LogP contribution in [0.25, 0.3) is 10.9 Å². The van der Waals surface area contributed by atoms with Crippen LogP contribution in [0, 0.1) is 0 Å². The number of nitrogens with one attached hydrogen (secondary N) is 1. The van der Waals surface area contributed by atoms with Crippen LogP contribution in [-0.2, 0) is 11.3 Å². The van der Waals surface area contributed by atoms with E-state index in [1.54, 1.807) is 22.9 Å². The van der Waals surface area contributed by atoms with Gasteiger partial charge in [0.05, 0.1) is 17.8 Å². The molecule has 0 saturated carbocycles. The average Bonchev–Trinajstić information content (AvgIpc) is 2.59. The van der Waals surface area contributed by atoms with Crippen LogP contribution in [0.4, 0.5) is 5.69 Å². The quantitative estimate of drug-likeness (QED) is 0.708. The number of amides is 1. The van der Waals surface area contributed by atoms with Gasteiger partial charge in [-0.3, -0.25) is 9.59 Å². The lowest BCUT2D eigenvalue weighted by molar-refractivity contribution is -0.116. The van der Waals surface area contributed by atoms with Crippen LogP contribution in [-0.4, -0.2) is 17.1 Å². The van der Waals surface area contributed by atoms with Crippen LogP contribution in [0.5, 0.6) is 5.75 Å². The largest absolute Gasteiger partial charge is 0.492 e. The summed E-state index contributed by atoms with van der Waals surface area (Å²) in [6.07, 6.45) is 1.63. The first-order valence-electron chi connectivity index (χ1n) is 7.89. The van der Waals surface area contributed by atoms with E-state index in [9.17, 15) is 9.59 Å². The molecule has 1 amide bonds. The highest BCUT2D eigenvalue weighted by Gasteiger charge is 2.10. The van der Waals surface area contributed by atoms with Gasteiger partial charge in [0.1, 0.15) is 12.3 Å². The lowest BCUT2D eigenvalue weighted by atomic mass is 10.2. The molecule has 5 nitrogen and oxygen atoms in total. The molecule has 0 spiro atoms. The summed E-state index contributed by atoms with van der Waals surface area (Å²) in [6.45, 7) is 2.50. The number of pyridine rings is 1. The van der Waals surface area contributed by atoms with E-state index in [0.29, 0.717) is 28.9 Å². The van der Waals surface area contributed by atoms with Crippen molar-refractivity contribution < 1.29 is 9.53 Å². The van der Waals surface area contributed by atoms with Crippen molar-refractivity contribution in [1.29, 1.82) is 0 Å². The third kappa shape index (κ3) is 3.91. The zero-order chi connectivity index (χ0) is 17.8. The molecule has 2 aromatic carbocycles. The second-order valence-corrected chi connectivity index (χ2v) is 6.36. The van der Waals surface area contributed by atoms with Gasteiger partial charge < -0.3 is 14.6 Å². The summed E-state index contributed by atoms with van der Waals surface area (Å²) in [6, 6.07) is 14.2. The summed E-state index contributed by atoms with van der Waals surface area (Å²) >= 11 is 3.41. The molecule has 128 valence electrons. The summed E-state index contributed by atoms with van der Waals surface area (Å²) in [4.78, 5) is 24.5. The molecule has 0 atom stereocenters. The van der Waals surface area contributed by atoms with E-state index in [4.69, 9.17) is 4.74 Å². The lowest BCUT2D eigenvalue weighted by Crippen LogP contribution is -2.20. The maximum atomic E-state index is 12.5. The monoisotopic (exact) mass is 400 g/mol. The Kier molecular flexibility index (Phi) is 5.19. The molecule has 1 aromatic heterocycles. The lowest BCUT2D eigenvalue weighted by Gasteiger charge is -2.13. The molecular weight excluding hydrogens is 384 g/mol. The summed E-state index contributed by atoms with van der Waals surface area (Å²) in [5.41, 5.74) is 1.26. The molecule has 1 heterocycles. The molecule has 0 saturated heterocycles. The second kappa shape index (κ2) is 7.53. The van der Waals surface area contributed by atoms with Gasteiger partial charge in [-0.25, -0.2) is 0 Å². The minimum Gasteiger partial charge on any atom is -0.492 e. The first-order valence-corrected chi connectivity index (χ1v) is 8.68. The molecular formula is C19H17BrN2O3. The van der Waals surface area contributed by atoms with E-state index in [1.807, 2.05) is 37.3 Å². The highest BCUT2D eigenvalue weighted by atomic mass is 79.9. The number of hydrogen-bond donors (Lipinski definition) is 1. The van der Waals surface area contributed by atoms with Gasteiger partial charge in [0, 0.05) is 22.1 Å². The van der Waals surface area contributed by atoms with Crippen LogP contribution in [0.2, 0.25) is 0 Å². The highest BCUT2D eigenvalue weighted by Crippen LogP contribution is 2.24. The number of hydrogen-bond acceptors (Lipinski definition) is 3. The van der Waals surface area contributed by atoms with Crippen molar-refractivity contribution in [3.63, 3.8) is 0 Å². The van der Waals surface area contributed by atoms with E-state index in [0.717, 1.165) is 4.47 Å². The van der Waals surface area contributed by atoms with E-state index in [2.05, 4.69) is 21.2 Å². The van der Waals surface area contributed by atoms with Gasteiger partial charge >= 0.3 is 0 Å². The topological polar surface area (TPSA) is 60.3 Å². The molecule has 0 aliphatic carbocycles. The number of halogens is 1. The first kappa shape index (κ1) is 17.2. The molecule has 0 bridgehead atoms. The SMILES string of the molecule is CCOc1ccccc1NC(=O)Cn1ccc(=O)c2ccc(Br)cc21. The summed E-state index contributed by atoms with van der Waals surface area (Å²) in [5, 5.41) is 3.44. The predicted octanol–water partition coefficient (Wildman–Crippen LogP) is 3.80. The number of carbonyl (C=O) groups is 1. The number of carbonyl (C=O) groups excluding carboxylic acids is 1. The number of anilines is 1. The van der Waals surface area contributed by atoms with Gasteiger partial charge in [-0.2, -0.15) is 0 Å². The third-order valence-corrected chi connectivity index (χ3v) is 4.21. The number of rotatable bonds is 5. The normalized spacial score (nSPS) is 10.6. The summed E-state index contributed by atoms with van der Waals surface area (Å²) < 4.78 is 8.12. The van der Waals surface area contributed by atoms with Crippen molar-refractivity contribution in [3.05, 3.63) is 69.4 Å². The van der Waals surface area contributed by atoms with Crippen LogP contribution in [0.15, 0.2) is 64.0 Å². The molecule has 1 N–H and O–H groups in total. The molecule has 0 aliphatic rings. The van der Waals surface area contributed by atoms with Crippen LogP contribution in [0.3, 0.4) is 0 Å². The van der Waals surface area contributed by atoms with Crippen molar-refractivity contribution >= 4 is 38.4 Å². The standard InChI is InChI=1S/C19H17BrN2O3/c1-2-25-18-6-4-3-5-15(18)21-19(24)12-22-10-9-17(23)14-8-7-13(20)11-16(14)22/h3-11H,2,12H2,1H3,(H,21,24). The Morgan fingerprint density at radius 1 is 1.20 bits per heavy atom. The Morgan fingerprint density at radius 3 is 2.80 bits per heavy atom. The zero-order valence-corrected chi connectivity index (χ0v) is 15.2. The van der Waals surface area contributed by atoms with Crippen molar-refractivity contribution in [2.45, 2.75) is 13.5 Å². The van der Waals surface area contributed by atoms with Gasteiger partial charge in [-0.1, -0.05) is 28.1 Å². The highest BCUT2D eigenvalue weighted by molar-refractivity contribution is 9.10. The van der Waals surface area contributed by atoms with Crippen LogP contribution >= 0.6 is 15.9 Å². The van der Waals surface area contributed by atoms with Gasteiger partial charge in [-0.15, -0.1) is 0 Å². The Balaban J connectivity index is 1.87. The molecule has 0 radical (unpaired) electrons. The minimum absolute atomic E-state index is 0.0687. The van der Waals surface area contributed by atoms with Gasteiger partial charge in [-0.05, 0) is 37.3 Å². The van der Waals surface area contributed by atoms with E-state index >= 15 is 0 Å². The molecule has 0 fully saturated rings. The number of para-hydroxylation sites is 2. The Bertz CT molecular complexity index is 982. The molecule has 3 aromatic rings. The van der Waals surface area contributed by atoms with Crippen molar-refractivity contribution in [3.8, 4) is 5.75 Å². The second-order valence-electron chi connectivity index (χ2n) is 5.45. The first-order chi connectivity index (χ1) is 12.1. The Morgan fingerprint density at radius 2 is 2.00 bits per heavy atom. The van der Waals surface area contributed by atoms with Crippen molar-refractivity contribution in [2.24, 2.45) is 0 Å². The van der Waals surface area contributed by atoms with Crippen molar-refractivity contribution in [2.75, 3.05) is 11.9 Å². The number of benzene rings is 2. The predicted molar refractivity (Wildman–Crippen MR) is 102 cm³/mol. The zero-order valence-electron chi connectivity index (χ0n) is 13.7. The molecule has 3 rings (SSSR count). The number of ether oxygens (including phenoxy) is 1. The van der Waals surface area contributed by atoms with E-state index in [-0.39, 0.29) is 17.9 Å². The van der Waals surface area contributed by atoms with Gasteiger partial charge in [0.15, 0.2) is 5.43 Å². The third-order valence-electron chi connectivity index (χ3n) is 3.72. The number of fused-ring (bicyclic) bond motifs is 1. The Hall–Kier alpha value is -2.60. The number of nitrogens with zero attached hydrogens (tertiary/aromatic N) is 1. The molecule has 6 heteroatoms. The van der Waals surface area contributed by atoms with Gasteiger partial charge in [0.2, 0.25) is 5.91 Å². The smallest absolute Gasteiger partial charge is 0.244 e. The fourth-order valence-electron chi connectivity index (χ4n) is 2.61. The van der Waals surface area contributed by atoms with Crippen LogP contribution in [0.1, 0.15) is 6.92 Å². The number of aromatic nitrogens is 1. The molecule has 0 aliphatic heterocycles. The fourth-order valence-corrected chi connectivity index (χ4v) is 2.96.